The third-order valence-corrected chi connectivity index (χ3v) is 6.77. The number of nitrogens with zero attached hydrogens (tertiary/aromatic N) is 1. The summed E-state index contributed by atoms with van der Waals surface area (Å²) in [6.07, 6.45) is 12.4. The van der Waals surface area contributed by atoms with Gasteiger partial charge in [-0.15, -0.1) is 0 Å². The number of piperidine rings is 1. The standard InChI is InChI=1S/C25H40ClNO2/c1-17(2)15-21(28)11-12-22(18(3)4)24(29)27-14-13-23(25(5,6)16-27)19-7-9-20(26)10-8-19/h7,9-12,17-19,21-23,28H,8,13-16H2,1-6H3/b12-11+/t19?,21?,22-,23-/m1/s1. The fourth-order valence-electron chi connectivity index (χ4n) is 4.87. The number of rotatable bonds is 7. The van der Waals surface area contributed by atoms with Crippen molar-refractivity contribution in [2.45, 2.75) is 66.9 Å². The van der Waals surface area contributed by atoms with Crippen LogP contribution in [-0.2, 0) is 4.79 Å². The number of hydrogen-bond donors (Lipinski definition) is 1. The maximum Gasteiger partial charge on any atom is 0.229 e. The average Bonchev–Trinajstić information content (AvgIpc) is 2.61. The number of carbonyl (C=O) groups excluding carboxylic acids is 1. The number of hydrogen-bond acceptors (Lipinski definition) is 2. The van der Waals surface area contributed by atoms with Gasteiger partial charge in [0.15, 0.2) is 0 Å². The Balaban J connectivity index is 2.05. The summed E-state index contributed by atoms with van der Waals surface area (Å²) in [4.78, 5) is 15.4. The van der Waals surface area contributed by atoms with Crippen molar-refractivity contribution >= 4 is 17.5 Å². The molecular formula is C25H40ClNO2. The van der Waals surface area contributed by atoms with Gasteiger partial charge in [-0.25, -0.2) is 0 Å². The molecule has 4 atom stereocenters. The molecule has 1 fully saturated rings. The number of aliphatic hydroxyl groups excluding tert-OH is 1. The van der Waals surface area contributed by atoms with Gasteiger partial charge in [0.05, 0.1) is 12.0 Å². The summed E-state index contributed by atoms with van der Waals surface area (Å²) >= 11 is 6.10. The molecule has 2 aliphatic rings. The van der Waals surface area contributed by atoms with Crippen molar-refractivity contribution in [2.24, 2.45) is 35.0 Å². The minimum Gasteiger partial charge on any atom is -0.389 e. The summed E-state index contributed by atoms with van der Waals surface area (Å²) < 4.78 is 0. The van der Waals surface area contributed by atoms with E-state index in [4.69, 9.17) is 11.6 Å². The van der Waals surface area contributed by atoms with Gasteiger partial charge in [0.2, 0.25) is 5.91 Å². The second-order valence-electron chi connectivity index (χ2n) is 10.3. The maximum absolute atomic E-state index is 13.3. The first-order valence-electron chi connectivity index (χ1n) is 11.2. The summed E-state index contributed by atoms with van der Waals surface area (Å²) in [6, 6.07) is 0. The van der Waals surface area contributed by atoms with Crippen molar-refractivity contribution in [3.8, 4) is 0 Å². The van der Waals surface area contributed by atoms with Crippen molar-refractivity contribution < 1.29 is 9.90 Å². The number of allylic oxidation sites excluding steroid dienone is 4. The molecule has 0 radical (unpaired) electrons. The van der Waals surface area contributed by atoms with E-state index >= 15 is 0 Å². The highest BCUT2D eigenvalue weighted by molar-refractivity contribution is 6.31. The Labute approximate surface area is 182 Å². The summed E-state index contributed by atoms with van der Waals surface area (Å²) in [5, 5.41) is 11.0. The van der Waals surface area contributed by atoms with Crippen molar-refractivity contribution in [3.63, 3.8) is 0 Å². The van der Waals surface area contributed by atoms with E-state index in [1.54, 1.807) is 0 Å². The Hall–Kier alpha value is -1.06. The van der Waals surface area contributed by atoms with E-state index in [0.29, 0.717) is 17.8 Å². The van der Waals surface area contributed by atoms with Gasteiger partial charge in [-0.05, 0) is 54.4 Å². The first-order chi connectivity index (χ1) is 13.5. The average molecular weight is 422 g/mol. The van der Waals surface area contributed by atoms with Crippen molar-refractivity contribution in [3.05, 3.63) is 35.4 Å². The monoisotopic (exact) mass is 421 g/mol. The largest absolute Gasteiger partial charge is 0.389 e. The van der Waals surface area contributed by atoms with Crippen LogP contribution < -0.4 is 0 Å². The van der Waals surface area contributed by atoms with Gasteiger partial charge in [0.1, 0.15) is 0 Å². The molecule has 3 nitrogen and oxygen atoms in total. The quantitative estimate of drug-likeness (QED) is 0.528. The van der Waals surface area contributed by atoms with Gasteiger partial charge in [-0.1, -0.05) is 77.4 Å². The molecule has 0 aromatic rings. The van der Waals surface area contributed by atoms with Crippen LogP contribution in [0.5, 0.6) is 0 Å². The molecule has 1 aliphatic carbocycles. The van der Waals surface area contributed by atoms with Crippen molar-refractivity contribution in [1.82, 2.24) is 4.90 Å². The third kappa shape index (κ3) is 6.72. The molecule has 0 spiro atoms. The van der Waals surface area contributed by atoms with Crippen molar-refractivity contribution in [1.29, 1.82) is 0 Å². The fraction of sp³-hybridized carbons (Fsp3) is 0.720. The maximum atomic E-state index is 13.3. The lowest BCUT2D eigenvalue weighted by molar-refractivity contribution is -0.140. The van der Waals surface area contributed by atoms with Crippen LogP contribution >= 0.6 is 11.6 Å². The van der Waals surface area contributed by atoms with Gasteiger partial charge >= 0.3 is 0 Å². The highest BCUT2D eigenvalue weighted by atomic mass is 35.5. The van der Waals surface area contributed by atoms with Crippen LogP contribution in [-0.4, -0.2) is 35.1 Å². The lowest BCUT2D eigenvalue weighted by Crippen LogP contribution is -2.51. The van der Waals surface area contributed by atoms with Crippen molar-refractivity contribution in [2.75, 3.05) is 13.1 Å². The molecule has 1 saturated heterocycles. The molecule has 0 bridgehead atoms. The highest BCUT2D eigenvalue weighted by Crippen LogP contribution is 2.43. The van der Waals surface area contributed by atoms with Crippen LogP contribution in [0.2, 0.25) is 0 Å². The molecule has 2 unspecified atom stereocenters. The Morgan fingerprint density at radius 1 is 1.31 bits per heavy atom. The van der Waals surface area contributed by atoms with Crippen LogP contribution in [0, 0.1) is 35.0 Å². The van der Waals surface area contributed by atoms with E-state index in [1.807, 2.05) is 18.2 Å². The molecule has 0 saturated carbocycles. The van der Waals surface area contributed by atoms with E-state index in [9.17, 15) is 9.90 Å². The Morgan fingerprint density at radius 3 is 2.52 bits per heavy atom. The van der Waals surface area contributed by atoms with E-state index in [-0.39, 0.29) is 23.2 Å². The molecule has 1 amide bonds. The molecule has 1 aliphatic heterocycles. The number of likely N-dealkylation sites (tertiary alicyclic amines) is 1. The Kier molecular flexibility index (Phi) is 8.60. The minimum atomic E-state index is -0.482. The summed E-state index contributed by atoms with van der Waals surface area (Å²) in [5.41, 5.74) is 0.0585. The number of halogens is 1. The zero-order valence-electron chi connectivity index (χ0n) is 19.1. The molecule has 0 aromatic carbocycles. The van der Waals surface area contributed by atoms with Crippen LogP contribution in [0.3, 0.4) is 0 Å². The summed E-state index contributed by atoms with van der Waals surface area (Å²) in [5.74, 6) is 1.70. The molecule has 2 rings (SSSR count). The molecular weight excluding hydrogens is 382 g/mol. The highest BCUT2D eigenvalue weighted by Gasteiger charge is 2.41. The van der Waals surface area contributed by atoms with E-state index in [1.165, 1.54) is 0 Å². The lowest BCUT2D eigenvalue weighted by atomic mass is 9.66. The Bertz CT molecular complexity index is 647. The summed E-state index contributed by atoms with van der Waals surface area (Å²) in [7, 11) is 0. The molecule has 1 heterocycles. The normalized spacial score (nSPS) is 26.8. The lowest BCUT2D eigenvalue weighted by Gasteiger charge is -2.48. The third-order valence-electron chi connectivity index (χ3n) is 6.49. The second kappa shape index (κ2) is 10.3. The predicted molar refractivity (Wildman–Crippen MR) is 123 cm³/mol. The van der Waals surface area contributed by atoms with Gasteiger partial charge in [0.25, 0.3) is 0 Å². The zero-order chi connectivity index (χ0) is 21.8. The van der Waals surface area contributed by atoms with Crippen LogP contribution in [0.25, 0.3) is 0 Å². The predicted octanol–water partition coefficient (Wildman–Crippen LogP) is 5.80. The number of carbonyl (C=O) groups is 1. The van der Waals surface area contributed by atoms with Gasteiger partial charge in [-0.3, -0.25) is 4.79 Å². The van der Waals surface area contributed by atoms with E-state index < -0.39 is 6.10 Å². The van der Waals surface area contributed by atoms with E-state index in [0.717, 1.165) is 37.4 Å². The molecule has 0 aromatic heterocycles. The minimum absolute atomic E-state index is 0.0585. The van der Waals surface area contributed by atoms with Crippen LogP contribution in [0.15, 0.2) is 35.4 Å². The number of amides is 1. The Morgan fingerprint density at radius 2 is 2.00 bits per heavy atom. The SMILES string of the molecule is CC(C)CC(O)/C=C/[C@@H](C(=O)N1CC[C@H](C2C=CC(Cl)=CC2)C(C)(C)C1)C(C)C. The van der Waals surface area contributed by atoms with Crippen LogP contribution in [0.4, 0.5) is 0 Å². The second-order valence-corrected chi connectivity index (χ2v) is 10.8. The fourth-order valence-corrected chi connectivity index (χ4v) is 5.04. The molecule has 4 heteroatoms. The smallest absolute Gasteiger partial charge is 0.229 e. The first-order valence-corrected chi connectivity index (χ1v) is 11.6. The number of aliphatic hydroxyl groups is 1. The van der Waals surface area contributed by atoms with Gasteiger partial charge < -0.3 is 10.0 Å². The molecule has 29 heavy (non-hydrogen) atoms. The zero-order valence-corrected chi connectivity index (χ0v) is 19.8. The summed E-state index contributed by atoms with van der Waals surface area (Å²) in [6.45, 7) is 14.5. The van der Waals surface area contributed by atoms with Gasteiger partial charge in [0, 0.05) is 18.1 Å². The topological polar surface area (TPSA) is 40.5 Å². The first kappa shape index (κ1) is 24.2. The van der Waals surface area contributed by atoms with E-state index in [2.05, 4.69) is 58.6 Å². The molecule has 1 N–H and O–H groups in total. The van der Waals surface area contributed by atoms with Gasteiger partial charge in [-0.2, -0.15) is 0 Å². The molecule has 164 valence electrons. The van der Waals surface area contributed by atoms with Crippen LogP contribution in [0.1, 0.15) is 60.8 Å².